The summed E-state index contributed by atoms with van der Waals surface area (Å²) in [7, 11) is 1.60. The van der Waals surface area contributed by atoms with Crippen molar-refractivity contribution in [1.29, 1.82) is 0 Å². The van der Waals surface area contributed by atoms with Gasteiger partial charge in [-0.15, -0.1) is 11.8 Å². The van der Waals surface area contributed by atoms with Crippen molar-refractivity contribution in [2.45, 2.75) is 5.37 Å². The van der Waals surface area contributed by atoms with Gasteiger partial charge in [-0.1, -0.05) is 12.1 Å². The molecule has 1 amide bonds. The summed E-state index contributed by atoms with van der Waals surface area (Å²) < 4.78 is 22.2. The summed E-state index contributed by atoms with van der Waals surface area (Å²) in [5, 5.41) is -0.0361. The number of benzene rings is 1. The maximum Gasteiger partial charge on any atom is 0.273 e. The summed E-state index contributed by atoms with van der Waals surface area (Å²) in [6.45, 7) is 1.08. The first-order chi connectivity index (χ1) is 10.1. The molecule has 7 heteroatoms. The summed E-state index contributed by atoms with van der Waals surface area (Å²) in [4.78, 5) is 13.8. The van der Waals surface area contributed by atoms with E-state index in [1.807, 2.05) is 24.3 Å². The lowest BCUT2D eigenvalue weighted by Crippen LogP contribution is -2.41. The van der Waals surface area contributed by atoms with Gasteiger partial charge in [-0.3, -0.25) is 4.79 Å². The third-order valence-corrected chi connectivity index (χ3v) is 4.93. The molecular weight excluding hydrogens is 310 g/mol. The number of hydrogen-bond donors (Lipinski definition) is 0. The van der Waals surface area contributed by atoms with E-state index in [0.29, 0.717) is 24.7 Å². The smallest absolute Gasteiger partial charge is 0.273 e. The van der Waals surface area contributed by atoms with Crippen molar-refractivity contribution in [3.63, 3.8) is 0 Å². The molecule has 5 nitrogen and oxygen atoms in total. The second-order valence-corrected chi connectivity index (χ2v) is 7.31. The molecule has 1 aliphatic rings. The molecule has 0 radical (unpaired) electrons. The van der Waals surface area contributed by atoms with Crippen LogP contribution >= 0.6 is 11.8 Å². The van der Waals surface area contributed by atoms with E-state index < -0.39 is 11.2 Å². The highest BCUT2D eigenvalue weighted by molar-refractivity contribution is 8.00. The average Bonchev–Trinajstić information content (AvgIpc) is 2.93. The van der Waals surface area contributed by atoms with Gasteiger partial charge in [0.1, 0.15) is 12.0 Å². The van der Waals surface area contributed by atoms with Crippen molar-refractivity contribution in [2.24, 2.45) is 0 Å². The van der Waals surface area contributed by atoms with Crippen LogP contribution in [0.15, 0.2) is 24.3 Å². The van der Waals surface area contributed by atoms with Crippen LogP contribution in [0, 0.1) is 0 Å². The predicted molar refractivity (Wildman–Crippen MR) is 85.4 cm³/mol. The maximum atomic E-state index is 12.0. The van der Waals surface area contributed by atoms with Gasteiger partial charge in [-0.05, 0) is 23.3 Å². The minimum atomic E-state index is -1.11. The van der Waals surface area contributed by atoms with Crippen LogP contribution in [0.1, 0.15) is 0 Å². The van der Waals surface area contributed by atoms with Crippen molar-refractivity contribution in [3.05, 3.63) is 24.3 Å². The van der Waals surface area contributed by atoms with Crippen LogP contribution in [0.3, 0.4) is 0 Å². The van der Waals surface area contributed by atoms with E-state index in [1.54, 1.807) is 30.0 Å². The van der Waals surface area contributed by atoms with Crippen LogP contribution < -0.4 is 9.47 Å². The molecule has 0 N–H and O–H groups in total. The lowest BCUT2D eigenvalue weighted by atomic mass is 10.3. The fraction of sp³-hybridized carbons (Fsp3) is 0.500. The largest absolute Gasteiger partial charge is 0.616 e. The number of hydrogen-bond acceptors (Lipinski definition) is 5. The Balaban J connectivity index is 1.94. The number of thioether (sulfide) groups is 1. The third-order valence-electron chi connectivity index (χ3n) is 3.09. The first kappa shape index (κ1) is 16.3. The summed E-state index contributed by atoms with van der Waals surface area (Å²) in [5.74, 6) is 2.22. The Morgan fingerprint density at radius 1 is 1.48 bits per heavy atom. The van der Waals surface area contributed by atoms with Gasteiger partial charge in [0, 0.05) is 12.3 Å². The molecule has 0 spiro atoms. The lowest BCUT2D eigenvalue weighted by molar-refractivity contribution is -0.128. The molecule has 2 atom stereocenters. The topological polar surface area (TPSA) is 61.8 Å². The Hall–Kier alpha value is -1.05. The molecule has 1 saturated heterocycles. The number of amides is 1. The van der Waals surface area contributed by atoms with Crippen LogP contribution in [0.5, 0.6) is 11.5 Å². The normalized spacial score (nSPS) is 19.4. The molecule has 2 rings (SSSR count). The molecule has 0 aliphatic carbocycles. The Kier molecular flexibility index (Phi) is 6.08. The van der Waals surface area contributed by atoms with Crippen LogP contribution in [0.25, 0.3) is 0 Å². The zero-order valence-electron chi connectivity index (χ0n) is 12.1. The van der Waals surface area contributed by atoms with E-state index in [9.17, 15) is 9.35 Å². The minimum Gasteiger partial charge on any atom is -0.616 e. The van der Waals surface area contributed by atoms with Crippen molar-refractivity contribution < 1.29 is 18.8 Å². The van der Waals surface area contributed by atoms with Crippen molar-refractivity contribution in [1.82, 2.24) is 4.90 Å². The van der Waals surface area contributed by atoms with E-state index >= 15 is 0 Å². The fourth-order valence-electron chi connectivity index (χ4n) is 2.10. The van der Waals surface area contributed by atoms with Gasteiger partial charge in [-0.25, -0.2) is 0 Å². The van der Waals surface area contributed by atoms with E-state index in [-0.39, 0.29) is 17.0 Å². The van der Waals surface area contributed by atoms with Gasteiger partial charge >= 0.3 is 0 Å². The monoisotopic (exact) mass is 329 g/mol. The van der Waals surface area contributed by atoms with Crippen molar-refractivity contribution in [3.8, 4) is 11.5 Å². The predicted octanol–water partition coefficient (Wildman–Crippen LogP) is 1.35. The molecule has 0 saturated carbocycles. The van der Waals surface area contributed by atoms with E-state index in [4.69, 9.17) is 9.47 Å². The molecule has 0 unspecified atom stereocenters. The highest BCUT2D eigenvalue weighted by Gasteiger charge is 2.31. The number of ether oxygens (including phenoxy) is 2. The molecule has 116 valence electrons. The highest BCUT2D eigenvalue weighted by atomic mass is 32.2. The van der Waals surface area contributed by atoms with Gasteiger partial charge in [0.05, 0.1) is 13.4 Å². The summed E-state index contributed by atoms with van der Waals surface area (Å²) in [6.07, 6.45) is 1.54. The van der Waals surface area contributed by atoms with E-state index in [2.05, 4.69) is 0 Å². The van der Waals surface area contributed by atoms with Gasteiger partial charge in [0.25, 0.3) is 5.91 Å². The minimum absolute atomic E-state index is 0.0361. The second-order valence-electron chi connectivity index (χ2n) is 4.59. The second kappa shape index (κ2) is 7.82. The van der Waals surface area contributed by atoms with Crippen LogP contribution in [0.4, 0.5) is 0 Å². The first-order valence-electron chi connectivity index (χ1n) is 6.58. The van der Waals surface area contributed by atoms with E-state index in [0.717, 1.165) is 5.75 Å². The Morgan fingerprint density at radius 3 is 2.86 bits per heavy atom. The summed E-state index contributed by atoms with van der Waals surface area (Å²) in [6, 6.07) is 7.43. The molecule has 0 aromatic heterocycles. The van der Waals surface area contributed by atoms with Gasteiger partial charge in [0.2, 0.25) is 0 Å². The fourth-order valence-corrected chi connectivity index (χ4v) is 3.76. The average molecular weight is 329 g/mol. The number of rotatable bonds is 6. The number of carbonyl (C=O) groups is 1. The number of para-hydroxylation sites is 2. The molecular formula is C14H19NO4S2. The highest BCUT2D eigenvalue weighted by Crippen LogP contribution is 2.29. The molecule has 1 heterocycles. The summed E-state index contributed by atoms with van der Waals surface area (Å²) in [5.41, 5.74) is 0. The molecule has 0 bridgehead atoms. The van der Waals surface area contributed by atoms with Crippen molar-refractivity contribution >= 4 is 28.8 Å². The standard InChI is InChI=1S/C14H19NO4S2/c1-18-11-5-3-4-6-12(11)19-9-14-15(7-8-20-14)13(16)10-21(2)17/h3-6,14H,7-10H2,1-2H3/t14-,21-/m1/s1. The number of methoxy groups -OCH3 is 1. The van der Waals surface area contributed by atoms with Crippen LogP contribution in [-0.4, -0.2) is 58.8 Å². The van der Waals surface area contributed by atoms with Crippen molar-refractivity contribution in [2.75, 3.05) is 38.0 Å². The van der Waals surface area contributed by atoms with E-state index in [1.165, 1.54) is 0 Å². The Morgan fingerprint density at radius 2 is 2.19 bits per heavy atom. The molecule has 1 aromatic rings. The Labute approximate surface area is 132 Å². The zero-order valence-corrected chi connectivity index (χ0v) is 13.7. The molecule has 1 fully saturated rings. The van der Waals surface area contributed by atoms with Crippen LogP contribution in [-0.2, 0) is 16.0 Å². The third kappa shape index (κ3) is 4.46. The van der Waals surface area contributed by atoms with Crippen LogP contribution in [0.2, 0.25) is 0 Å². The quantitative estimate of drug-likeness (QED) is 0.737. The molecule has 21 heavy (non-hydrogen) atoms. The van der Waals surface area contributed by atoms with Gasteiger partial charge in [-0.2, -0.15) is 0 Å². The molecule has 1 aromatic carbocycles. The number of nitrogens with zero attached hydrogens (tertiary/aromatic N) is 1. The molecule has 1 aliphatic heterocycles. The van der Waals surface area contributed by atoms with Gasteiger partial charge < -0.3 is 18.9 Å². The lowest BCUT2D eigenvalue weighted by Gasteiger charge is -2.24. The zero-order chi connectivity index (χ0) is 15.2. The first-order valence-corrected chi connectivity index (χ1v) is 9.36. The number of carbonyl (C=O) groups excluding carboxylic acids is 1. The maximum absolute atomic E-state index is 12.0. The SMILES string of the molecule is COc1ccccc1OC[C@H]1SCCN1C(=O)C[S@@+](C)[O-]. The van der Waals surface area contributed by atoms with Gasteiger partial charge in [0.15, 0.2) is 17.3 Å². The Bertz CT molecular complexity index is 484. The summed E-state index contributed by atoms with van der Waals surface area (Å²) >= 11 is 0.566.